The van der Waals surface area contributed by atoms with Gasteiger partial charge in [-0.25, -0.2) is 8.42 Å². The van der Waals surface area contributed by atoms with Crippen LogP contribution in [-0.4, -0.2) is 38.5 Å². The van der Waals surface area contributed by atoms with E-state index in [0.29, 0.717) is 36.3 Å². The fraction of sp³-hybridized carbons (Fsp3) is 0.600. The third-order valence-corrected chi connectivity index (χ3v) is 6.58. The molecular formula is C15H23BrN2O3S. The molecule has 0 saturated carbocycles. The second-order valence-electron chi connectivity index (χ2n) is 6.25. The Hall–Kier alpha value is -0.630. The summed E-state index contributed by atoms with van der Waals surface area (Å²) in [7, 11) is -3.52. The number of hydrogen-bond acceptors (Lipinski definition) is 4. The minimum absolute atomic E-state index is 0.0195. The molecule has 1 saturated heterocycles. The lowest BCUT2D eigenvalue weighted by molar-refractivity contribution is 0.155. The van der Waals surface area contributed by atoms with Crippen molar-refractivity contribution in [3.05, 3.63) is 22.7 Å². The Morgan fingerprint density at radius 2 is 2.14 bits per heavy atom. The summed E-state index contributed by atoms with van der Waals surface area (Å²) in [6.45, 7) is 7.32. The van der Waals surface area contributed by atoms with Crippen molar-refractivity contribution in [2.45, 2.75) is 38.1 Å². The predicted octanol–water partition coefficient (Wildman–Crippen LogP) is 2.60. The molecule has 0 bridgehead atoms. The van der Waals surface area contributed by atoms with E-state index in [2.05, 4.69) is 15.9 Å². The minimum Gasteiger partial charge on any atom is -0.493 e. The topological polar surface area (TPSA) is 72.6 Å². The van der Waals surface area contributed by atoms with Crippen LogP contribution in [0.25, 0.3) is 0 Å². The van der Waals surface area contributed by atoms with E-state index in [9.17, 15) is 8.42 Å². The zero-order valence-electron chi connectivity index (χ0n) is 13.2. The molecule has 1 aromatic carbocycles. The number of hydrogen-bond donors (Lipinski definition) is 1. The van der Waals surface area contributed by atoms with Gasteiger partial charge in [0.05, 0.1) is 16.0 Å². The van der Waals surface area contributed by atoms with Crippen LogP contribution in [0.15, 0.2) is 27.6 Å². The quantitative estimate of drug-likeness (QED) is 0.857. The van der Waals surface area contributed by atoms with E-state index in [1.54, 1.807) is 18.2 Å². The van der Waals surface area contributed by atoms with E-state index in [0.717, 1.165) is 0 Å². The van der Waals surface area contributed by atoms with Gasteiger partial charge < -0.3 is 10.5 Å². The zero-order valence-corrected chi connectivity index (χ0v) is 15.6. The summed E-state index contributed by atoms with van der Waals surface area (Å²) in [5.74, 6) is 0.641. The first-order chi connectivity index (χ1) is 10.2. The highest BCUT2D eigenvalue weighted by Crippen LogP contribution is 2.33. The van der Waals surface area contributed by atoms with Crippen LogP contribution in [0.2, 0.25) is 0 Å². The maximum absolute atomic E-state index is 12.8. The minimum atomic E-state index is -3.52. The van der Waals surface area contributed by atoms with Gasteiger partial charge in [0.2, 0.25) is 10.0 Å². The summed E-state index contributed by atoms with van der Waals surface area (Å²) >= 11 is 3.37. The SMILES string of the molecule is CCOc1ccc(S(=O)(=O)N2CCC(N)C(C)(C)C2)cc1Br. The molecule has 1 aliphatic rings. The fourth-order valence-corrected chi connectivity index (χ4v) is 4.89. The van der Waals surface area contributed by atoms with Crippen molar-refractivity contribution in [1.82, 2.24) is 4.31 Å². The van der Waals surface area contributed by atoms with E-state index in [4.69, 9.17) is 10.5 Å². The van der Waals surface area contributed by atoms with E-state index >= 15 is 0 Å². The van der Waals surface area contributed by atoms with Gasteiger partial charge in [-0.15, -0.1) is 0 Å². The summed E-state index contributed by atoms with van der Waals surface area (Å²) in [4.78, 5) is 0.272. The summed E-state index contributed by atoms with van der Waals surface area (Å²) < 4.78 is 33.2. The van der Waals surface area contributed by atoms with Crippen LogP contribution >= 0.6 is 15.9 Å². The lowest BCUT2D eigenvalue weighted by Gasteiger charge is -2.41. The second-order valence-corrected chi connectivity index (χ2v) is 9.04. The van der Waals surface area contributed by atoms with Crippen LogP contribution in [0.3, 0.4) is 0 Å². The van der Waals surface area contributed by atoms with Gasteiger partial charge in [-0.1, -0.05) is 13.8 Å². The molecule has 2 N–H and O–H groups in total. The molecule has 0 aliphatic carbocycles. The zero-order chi connectivity index (χ0) is 16.5. The van der Waals surface area contributed by atoms with Gasteiger partial charge >= 0.3 is 0 Å². The summed E-state index contributed by atoms with van der Waals surface area (Å²) in [5, 5.41) is 0. The van der Waals surface area contributed by atoms with Crippen molar-refractivity contribution < 1.29 is 13.2 Å². The molecule has 2 rings (SSSR count). The number of nitrogens with zero attached hydrogens (tertiary/aromatic N) is 1. The first-order valence-corrected chi connectivity index (χ1v) is 9.60. The maximum atomic E-state index is 12.8. The van der Waals surface area contributed by atoms with Crippen LogP contribution < -0.4 is 10.5 Å². The van der Waals surface area contributed by atoms with E-state index in [1.165, 1.54) is 4.31 Å². The Bertz CT molecular complexity index is 646. The van der Waals surface area contributed by atoms with Gasteiger partial charge in [-0.3, -0.25) is 0 Å². The molecule has 1 aromatic rings. The second kappa shape index (κ2) is 6.47. The average Bonchev–Trinajstić information content (AvgIpc) is 2.44. The normalized spacial score (nSPS) is 22.5. The van der Waals surface area contributed by atoms with Crippen molar-refractivity contribution in [1.29, 1.82) is 0 Å². The summed E-state index contributed by atoms with van der Waals surface area (Å²) in [6, 6.07) is 4.89. The van der Waals surface area contributed by atoms with Crippen molar-refractivity contribution in [3.63, 3.8) is 0 Å². The number of halogens is 1. The van der Waals surface area contributed by atoms with Gasteiger partial charge in [0, 0.05) is 19.1 Å². The van der Waals surface area contributed by atoms with Crippen LogP contribution in [0.4, 0.5) is 0 Å². The van der Waals surface area contributed by atoms with E-state index in [-0.39, 0.29) is 16.4 Å². The van der Waals surface area contributed by atoms with Crippen molar-refractivity contribution in [3.8, 4) is 5.75 Å². The number of piperidine rings is 1. The molecular weight excluding hydrogens is 368 g/mol. The lowest BCUT2D eigenvalue weighted by Crippen LogP contribution is -2.53. The smallest absolute Gasteiger partial charge is 0.243 e. The van der Waals surface area contributed by atoms with Gasteiger partial charge in [0.15, 0.2) is 0 Å². The van der Waals surface area contributed by atoms with Crippen molar-refractivity contribution in [2.24, 2.45) is 11.1 Å². The Balaban J connectivity index is 2.29. The lowest BCUT2D eigenvalue weighted by atomic mass is 9.81. The van der Waals surface area contributed by atoms with E-state index < -0.39 is 10.0 Å². The van der Waals surface area contributed by atoms with Gasteiger partial charge in [0.1, 0.15) is 5.75 Å². The van der Waals surface area contributed by atoms with Crippen LogP contribution in [0, 0.1) is 5.41 Å². The third-order valence-electron chi connectivity index (χ3n) is 4.12. The highest BCUT2D eigenvalue weighted by Gasteiger charge is 2.38. The summed E-state index contributed by atoms with van der Waals surface area (Å²) in [5.41, 5.74) is 5.86. The Labute approximate surface area is 141 Å². The first-order valence-electron chi connectivity index (χ1n) is 7.36. The van der Waals surface area contributed by atoms with Gasteiger partial charge in [-0.2, -0.15) is 4.31 Å². The number of sulfonamides is 1. The molecule has 0 radical (unpaired) electrons. The van der Waals surface area contributed by atoms with Crippen LogP contribution in [0.5, 0.6) is 5.75 Å². The number of nitrogens with two attached hydrogens (primary N) is 1. The Kier molecular flexibility index (Phi) is 5.21. The molecule has 1 fully saturated rings. The predicted molar refractivity (Wildman–Crippen MR) is 90.4 cm³/mol. The largest absolute Gasteiger partial charge is 0.493 e. The number of rotatable bonds is 4. The Morgan fingerprint density at radius 3 is 2.68 bits per heavy atom. The standard InChI is InChI=1S/C15H23BrN2O3S/c1-4-21-13-6-5-11(9-12(13)16)22(19,20)18-8-7-14(17)15(2,3)10-18/h5-6,9,14H,4,7-8,10,17H2,1-3H3. The van der Waals surface area contributed by atoms with Crippen LogP contribution in [0.1, 0.15) is 27.2 Å². The van der Waals surface area contributed by atoms with Crippen molar-refractivity contribution >= 4 is 26.0 Å². The maximum Gasteiger partial charge on any atom is 0.243 e. The van der Waals surface area contributed by atoms with E-state index in [1.807, 2.05) is 20.8 Å². The highest BCUT2D eigenvalue weighted by atomic mass is 79.9. The molecule has 0 spiro atoms. The molecule has 0 aromatic heterocycles. The third kappa shape index (κ3) is 3.48. The molecule has 7 heteroatoms. The molecule has 0 amide bonds. The molecule has 22 heavy (non-hydrogen) atoms. The van der Waals surface area contributed by atoms with Gasteiger partial charge in [0.25, 0.3) is 0 Å². The fourth-order valence-electron chi connectivity index (χ4n) is 2.59. The summed E-state index contributed by atoms with van der Waals surface area (Å²) in [6.07, 6.45) is 0.671. The molecule has 1 aliphatic heterocycles. The van der Waals surface area contributed by atoms with Crippen LogP contribution in [-0.2, 0) is 10.0 Å². The molecule has 5 nitrogen and oxygen atoms in total. The number of benzene rings is 1. The number of ether oxygens (including phenoxy) is 1. The van der Waals surface area contributed by atoms with Crippen molar-refractivity contribution in [2.75, 3.05) is 19.7 Å². The monoisotopic (exact) mass is 390 g/mol. The Morgan fingerprint density at radius 1 is 1.45 bits per heavy atom. The van der Waals surface area contributed by atoms with Gasteiger partial charge in [-0.05, 0) is 52.9 Å². The highest BCUT2D eigenvalue weighted by molar-refractivity contribution is 9.10. The average molecular weight is 391 g/mol. The molecule has 124 valence electrons. The first kappa shape index (κ1) is 17.7. The molecule has 1 heterocycles. The molecule has 1 atom stereocenters. The molecule has 1 unspecified atom stereocenters.